The van der Waals surface area contributed by atoms with Gasteiger partial charge in [-0.3, -0.25) is 4.72 Å². The molecule has 1 N–H and O–H groups in total. The maximum atomic E-state index is 12.7. The molecule has 2 heterocycles. The molecule has 0 atom stereocenters. The predicted octanol–water partition coefficient (Wildman–Crippen LogP) is 3.94. The molecule has 0 radical (unpaired) electrons. The Morgan fingerprint density at radius 2 is 2.04 bits per heavy atom. The van der Waals surface area contributed by atoms with Gasteiger partial charge >= 0.3 is 0 Å². The molecule has 4 rings (SSSR count). The van der Waals surface area contributed by atoms with Gasteiger partial charge in [0, 0.05) is 5.02 Å². The zero-order valence-corrected chi connectivity index (χ0v) is 16.3. The highest BCUT2D eigenvalue weighted by molar-refractivity contribution is 7.93. The number of aromatic nitrogens is 3. The number of nitrogens with zero attached hydrogens (tertiary/aromatic N) is 3. The van der Waals surface area contributed by atoms with Crippen LogP contribution in [0.5, 0.6) is 5.75 Å². The second kappa shape index (κ2) is 6.84. The van der Waals surface area contributed by atoms with Crippen LogP contribution in [0.15, 0.2) is 59.8 Å². The number of nitrogens with one attached hydrogen (secondary N) is 1. The molecule has 0 amide bonds. The summed E-state index contributed by atoms with van der Waals surface area (Å²) in [6, 6.07) is 12.4. The standard InChI is InChI=1S/C17H13ClN4O3S2/c1-25-15-5-3-2-4-14(15)22-10-12(9-19-22)27(23,24)21-17-20-13-7-6-11(18)8-16(13)26-17/h2-10H,1H3,(H,20,21). The van der Waals surface area contributed by atoms with Gasteiger partial charge in [0.1, 0.15) is 16.3 Å². The van der Waals surface area contributed by atoms with Gasteiger partial charge in [0.05, 0.1) is 29.7 Å². The third-order valence-corrected chi connectivity index (χ3v) is 6.36. The van der Waals surface area contributed by atoms with Gasteiger partial charge in [0.15, 0.2) is 5.13 Å². The maximum absolute atomic E-state index is 12.7. The molecule has 138 valence electrons. The highest BCUT2D eigenvalue weighted by Gasteiger charge is 2.20. The Hall–Kier alpha value is -2.62. The summed E-state index contributed by atoms with van der Waals surface area (Å²) in [5, 5.41) is 4.97. The van der Waals surface area contributed by atoms with Crippen LogP contribution in [0, 0.1) is 0 Å². The summed E-state index contributed by atoms with van der Waals surface area (Å²) in [7, 11) is -2.29. The van der Waals surface area contributed by atoms with Gasteiger partial charge in [-0.25, -0.2) is 18.1 Å². The van der Waals surface area contributed by atoms with Crippen molar-refractivity contribution >= 4 is 48.3 Å². The molecule has 0 aliphatic rings. The molecule has 0 aliphatic carbocycles. The van der Waals surface area contributed by atoms with E-state index in [1.165, 1.54) is 28.4 Å². The summed E-state index contributed by atoms with van der Waals surface area (Å²) in [6.45, 7) is 0. The summed E-state index contributed by atoms with van der Waals surface area (Å²) in [6.07, 6.45) is 2.70. The van der Waals surface area contributed by atoms with Crippen LogP contribution in [0.2, 0.25) is 5.02 Å². The molecule has 7 nitrogen and oxygen atoms in total. The lowest BCUT2D eigenvalue weighted by atomic mass is 10.3. The van der Waals surface area contributed by atoms with Crippen LogP contribution in [0.25, 0.3) is 15.9 Å². The number of rotatable bonds is 5. The first-order chi connectivity index (χ1) is 13.0. The Kier molecular flexibility index (Phi) is 4.50. The summed E-state index contributed by atoms with van der Waals surface area (Å²) < 4.78 is 35.4. The van der Waals surface area contributed by atoms with Crippen molar-refractivity contribution in [2.75, 3.05) is 11.8 Å². The van der Waals surface area contributed by atoms with Crippen LogP contribution in [0.1, 0.15) is 0 Å². The average Bonchev–Trinajstić information content (AvgIpc) is 3.28. The predicted molar refractivity (Wildman–Crippen MR) is 106 cm³/mol. The van der Waals surface area contributed by atoms with Gasteiger partial charge in [0.25, 0.3) is 10.0 Å². The smallest absolute Gasteiger partial charge is 0.266 e. The molecule has 2 aromatic carbocycles. The number of sulfonamides is 1. The Labute approximate surface area is 164 Å². The molecule has 2 aromatic heterocycles. The number of hydrogen-bond donors (Lipinski definition) is 1. The summed E-state index contributed by atoms with van der Waals surface area (Å²) >= 11 is 7.17. The lowest BCUT2D eigenvalue weighted by Crippen LogP contribution is -2.12. The van der Waals surface area contributed by atoms with E-state index in [-0.39, 0.29) is 10.0 Å². The first kappa shape index (κ1) is 17.8. The van der Waals surface area contributed by atoms with Gasteiger partial charge in [-0.15, -0.1) is 0 Å². The van der Waals surface area contributed by atoms with E-state index in [0.29, 0.717) is 22.0 Å². The van der Waals surface area contributed by atoms with E-state index in [1.54, 1.807) is 37.4 Å². The third kappa shape index (κ3) is 3.48. The first-order valence-corrected chi connectivity index (χ1v) is 10.4. The van der Waals surface area contributed by atoms with E-state index in [1.807, 2.05) is 12.1 Å². The van der Waals surface area contributed by atoms with Gasteiger partial charge < -0.3 is 4.74 Å². The Bertz CT molecular complexity index is 1230. The number of thiazole rings is 1. The number of hydrogen-bond acceptors (Lipinski definition) is 6. The quantitative estimate of drug-likeness (QED) is 0.528. The second-order valence-electron chi connectivity index (χ2n) is 5.53. The van der Waals surface area contributed by atoms with Crippen molar-refractivity contribution in [2.24, 2.45) is 0 Å². The average molecular weight is 421 g/mol. The number of para-hydroxylation sites is 2. The minimum Gasteiger partial charge on any atom is -0.494 e. The van der Waals surface area contributed by atoms with Crippen molar-refractivity contribution in [3.63, 3.8) is 0 Å². The fourth-order valence-corrected chi connectivity index (χ4v) is 4.82. The van der Waals surface area contributed by atoms with E-state index < -0.39 is 10.0 Å². The number of fused-ring (bicyclic) bond motifs is 1. The van der Waals surface area contributed by atoms with Crippen molar-refractivity contribution in [1.82, 2.24) is 14.8 Å². The van der Waals surface area contributed by atoms with Crippen molar-refractivity contribution < 1.29 is 13.2 Å². The molecule has 0 fully saturated rings. The number of benzene rings is 2. The highest BCUT2D eigenvalue weighted by atomic mass is 35.5. The molecule has 0 bridgehead atoms. The van der Waals surface area contributed by atoms with Crippen LogP contribution >= 0.6 is 22.9 Å². The van der Waals surface area contributed by atoms with Gasteiger partial charge in [0.2, 0.25) is 0 Å². The normalized spacial score (nSPS) is 11.6. The Morgan fingerprint density at radius 3 is 2.85 bits per heavy atom. The zero-order chi connectivity index (χ0) is 19.0. The van der Waals surface area contributed by atoms with Crippen molar-refractivity contribution in [3.05, 3.63) is 59.9 Å². The molecule has 0 unspecified atom stereocenters. The van der Waals surface area contributed by atoms with E-state index >= 15 is 0 Å². The topological polar surface area (TPSA) is 86.1 Å². The summed E-state index contributed by atoms with van der Waals surface area (Å²) in [5.41, 5.74) is 1.31. The van der Waals surface area contributed by atoms with Crippen molar-refractivity contribution in [2.45, 2.75) is 4.90 Å². The van der Waals surface area contributed by atoms with Gasteiger partial charge in [-0.2, -0.15) is 5.10 Å². The molecule has 0 saturated carbocycles. The summed E-state index contributed by atoms with van der Waals surface area (Å²) in [4.78, 5) is 4.30. The number of ether oxygens (including phenoxy) is 1. The largest absolute Gasteiger partial charge is 0.494 e. The van der Waals surface area contributed by atoms with Crippen molar-refractivity contribution in [1.29, 1.82) is 0 Å². The van der Waals surface area contributed by atoms with E-state index in [0.717, 1.165) is 4.70 Å². The minimum atomic E-state index is -3.84. The van der Waals surface area contributed by atoms with Gasteiger partial charge in [-0.1, -0.05) is 35.1 Å². The van der Waals surface area contributed by atoms with Crippen LogP contribution in [0.3, 0.4) is 0 Å². The van der Waals surface area contributed by atoms with E-state index in [2.05, 4.69) is 14.8 Å². The molecule has 0 saturated heterocycles. The molecule has 0 spiro atoms. The summed E-state index contributed by atoms with van der Waals surface area (Å²) in [5.74, 6) is 0.584. The SMILES string of the molecule is COc1ccccc1-n1cc(S(=O)(=O)Nc2nc3ccc(Cl)cc3s2)cn1. The molecule has 10 heteroatoms. The maximum Gasteiger partial charge on any atom is 0.266 e. The van der Waals surface area contributed by atoms with Crippen LogP contribution in [0.4, 0.5) is 5.13 Å². The second-order valence-corrected chi connectivity index (χ2v) is 8.68. The number of methoxy groups -OCH3 is 1. The number of halogens is 1. The van der Waals surface area contributed by atoms with Crippen LogP contribution < -0.4 is 9.46 Å². The monoisotopic (exact) mass is 420 g/mol. The molecule has 27 heavy (non-hydrogen) atoms. The number of anilines is 1. The lowest BCUT2D eigenvalue weighted by molar-refractivity contribution is 0.411. The zero-order valence-electron chi connectivity index (χ0n) is 14.0. The third-order valence-electron chi connectivity index (χ3n) is 3.77. The Morgan fingerprint density at radius 1 is 1.22 bits per heavy atom. The molecule has 4 aromatic rings. The fraction of sp³-hybridized carbons (Fsp3) is 0.0588. The van der Waals surface area contributed by atoms with E-state index in [4.69, 9.17) is 16.3 Å². The lowest BCUT2D eigenvalue weighted by Gasteiger charge is -2.07. The van der Waals surface area contributed by atoms with E-state index in [9.17, 15) is 8.42 Å². The van der Waals surface area contributed by atoms with Crippen LogP contribution in [-0.2, 0) is 10.0 Å². The first-order valence-electron chi connectivity index (χ1n) is 7.73. The van der Waals surface area contributed by atoms with Gasteiger partial charge in [-0.05, 0) is 30.3 Å². The highest BCUT2D eigenvalue weighted by Crippen LogP contribution is 2.30. The Balaban J connectivity index is 1.65. The minimum absolute atomic E-state index is 0.0192. The fourth-order valence-electron chi connectivity index (χ4n) is 2.51. The molecule has 0 aliphatic heterocycles. The van der Waals surface area contributed by atoms with Crippen LogP contribution in [-0.4, -0.2) is 30.3 Å². The van der Waals surface area contributed by atoms with Crippen molar-refractivity contribution in [3.8, 4) is 11.4 Å². The molecular formula is C17H13ClN4O3S2. The molecular weight excluding hydrogens is 408 g/mol.